The second-order valence-electron chi connectivity index (χ2n) is 7.82. The van der Waals surface area contributed by atoms with E-state index in [0.717, 1.165) is 38.1 Å². The molecule has 1 fully saturated rings. The number of alkyl halides is 3. The number of pyridine rings is 1. The molecule has 1 aliphatic rings. The summed E-state index contributed by atoms with van der Waals surface area (Å²) in [5.41, 5.74) is 1.16. The Hall–Kier alpha value is -2.29. The largest absolute Gasteiger partial charge is 0.512 e. The fraction of sp³-hybridized carbons (Fsp3) is 0.391. The van der Waals surface area contributed by atoms with Crippen molar-refractivity contribution in [3.8, 4) is 17.5 Å². The van der Waals surface area contributed by atoms with Crippen LogP contribution in [-0.2, 0) is 0 Å². The van der Waals surface area contributed by atoms with Gasteiger partial charge in [-0.3, -0.25) is 4.98 Å². The molecule has 2 aromatic rings. The van der Waals surface area contributed by atoms with Gasteiger partial charge in [0.05, 0.1) is 21.4 Å². The summed E-state index contributed by atoms with van der Waals surface area (Å²) in [7, 11) is 0. The number of hydrogen-bond donors (Lipinski definition) is 2. The zero-order valence-electron chi connectivity index (χ0n) is 18.5. The van der Waals surface area contributed by atoms with E-state index < -0.39 is 18.0 Å². The molecule has 11 heteroatoms. The van der Waals surface area contributed by atoms with E-state index in [4.69, 9.17) is 0 Å². The van der Waals surface area contributed by atoms with Crippen LogP contribution in [0, 0.1) is 11.3 Å². The minimum Gasteiger partial charge on any atom is -0.512 e. The van der Waals surface area contributed by atoms with Gasteiger partial charge in [0, 0.05) is 27.7 Å². The Bertz CT molecular complexity index is 1230. The number of nitrogens with one attached hydrogen (secondary N) is 1. The maximum absolute atomic E-state index is 14.4. The fourth-order valence-electron chi connectivity index (χ4n) is 3.59. The molecular formula is C23H23BrF4N4OS. The highest BCUT2D eigenvalue weighted by atomic mass is 79.9. The summed E-state index contributed by atoms with van der Waals surface area (Å²) in [5, 5.41) is 20.2. The number of hydrogen-bond acceptors (Lipinski definition) is 5. The van der Waals surface area contributed by atoms with E-state index in [2.05, 4.69) is 31.7 Å². The Morgan fingerprint density at radius 2 is 2.15 bits per heavy atom. The second-order valence-corrected chi connectivity index (χ2v) is 9.52. The second kappa shape index (κ2) is 11.0. The third-order valence-electron chi connectivity index (χ3n) is 5.56. The zero-order chi connectivity index (χ0) is 25.0. The van der Waals surface area contributed by atoms with Gasteiger partial charge >= 0.3 is 6.18 Å². The summed E-state index contributed by atoms with van der Waals surface area (Å²) in [6, 6.07) is 3.83. The van der Waals surface area contributed by atoms with Crippen molar-refractivity contribution in [1.29, 1.82) is 5.26 Å². The van der Waals surface area contributed by atoms with Crippen LogP contribution < -0.4 is 15.3 Å². The van der Waals surface area contributed by atoms with Gasteiger partial charge in [0.15, 0.2) is 5.83 Å². The number of rotatable bonds is 7. The summed E-state index contributed by atoms with van der Waals surface area (Å²) < 4.78 is 56.9. The van der Waals surface area contributed by atoms with Crippen molar-refractivity contribution in [3.05, 3.63) is 46.5 Å². The molecule has 5 nitrogen and oxygen atoms in total. The number of aliphatic hydroxyl groups excluding tert-OH is 1. The Balaban J connectivity index is 2.17. The van der Waals surface area contributed by atoms with Gasteiger partial charge in [-0.25, -0.2) is 9.11 Å². The molecule has 0 aromatic carbocycles. The smallest absolute Gasteiger partial charge is 0.404 e. The molecule has 0 spiro atoms. The van der Waals surface area contributed by atoms with Gasteiger partial charge in [-0.1, -0.05) is 13.0 Å². The van der Waals surface area contributed by atoms with Crippen molar-refractivity contribution in [2.75, 3.05) is 0 Å². The first-order chi connectivity index (χ1) is 16.1. The number of aliphatic hydroxyl groups is 1. The third-order valence-corrected chi connectivity index (χ3v) is 7.28. The molecule has 0 unspecified atom stereocenters. The van der Waals surface area contributed by atoms with Gasteiger partial charge < -0.3 is 9.67 Å². The van der Waals surface area contributed by atoms with Crippen LogP contribution in [0.5, 0.6) is 0 Å². The van der Waals surface area contributed by atoms with Gasteiger partial charge in [-0.2, -0.15) is 18.4 Å². The highest BCUT2D eigenvalue weighted by Crippen LogP contribution is 2.35. The van der Waals surface area contributed by atoms with E-state index in [1.165, 1.54) is 6.20 Å². The molecule has 0 bridgehead atoms. The van der Waals surface area contributed by atoms with E-state index in [9.17, 15) is 27.9 Å². The average Bonchev–Trinajstić information content (AvgIpc) is 3.08. The predicted octanol–water partition coefficient (Wildman–Crippen LogP) is 5.76. The molecule has 0 aliphatic heterocycles. The van der Waals surface area contributed by atoms with Gasteiger partial charge in [-0.15, -0.1) is 0 Å². The molecule has 1 atom stereocenters. The first-order valence-corrected chi connectivity index (χ1v) is 12.2. The summed E-state index contributed by atoms with van der Waals surface area (Å²) >= 11 is 4.02. The summed E-state index contributed by atoms with van der Waals surface area (Å²) in [4.78, 5) is 4.90. The number of halogens is 5. The molecule has 182 valence electrons. The Morgan fingerprint density at radius 3 is 2.62 bits per heavy atom. The average molecular weight is 559 g/mol. The van der Waals surface area contributed by atoms with E-state index in [1.807, 2.05) is 17.6 Å². The lowest BCUT2D eigenvalue weighted by Gasteiger charge is -2.29. The topological polar surface area (TPSA) is 73.9 Å². The molecule has 2 aromatic heterocycles. The van der Waals surface area contributed by atoms with Gasteiger partial charge in [0.2, 0.25) is 0 Å². The van der Waals surface area contributed by atoms with Crippen LogP contribution in [0.3, 0.4) is 0 Å². The van der Waals surface area contributed by atoms with E-state index >= 15 is 0 Å². The maximum Gasteiger partial charge on any atom is 0.404 e. The summed E-state index contributed by atoms with van der Waals surface area (Å²) in [6.07, 6.45) is 2.73. The number of aromatic nitrogens is 2. The van der Waals surface area contributed by atoms with Crippen molar-refractivity contribution in [3.63, 3.8) is 0 Å². The zero-order valence-corrected chi connectivity index (χ0v) is 20.9. The lowest BCUT2D eigenvalue weighted by atomic mass is 9.92. The van der Waals surface area contributed by atoms with Crippen LogP contribution in [0.4, 0.5) is 17.6 Å². The predicted molar refractivity (Wildman–Crippen MR) is 128 cm³/mol. The van der Waals surface area contributed by atoms with Crippen LogP contribution >= 0.6 is 27.9 Å². The summed E-state index contributed by atoms with van der Waals surface area (Å²) in [5.74, 6) is -0.913. The molecule has 34 heavy (non-hydrogen) atoms. The van der Waals surface area contributed by atoms with Gasteiger partial charge in [-0.05, 0) is 72.6 Å². The maximum atomic E-state index is 14.4. The normalized spacial score (nSPS) is 17.4. The van der Waals surface area contributed by atoms with Crippen molar-refractivity contribution in [1.82, 2.24) is 14.3 Å². The minimum atomic E-state index is -4.36. The molecule has 1 aliphatic carbocycles. The SMILES string of the molecule is CC\C=c1/c(=C(Br)\C(F)=C\O)c(C#N)c(-c2ccc(SN[C@@H](C)C(F)(F)F)cn2)n1C1CCC1. The lowest BCUT2D eigenvalue weighted by molar-refractivity contribution is -0.146. The van der Waals surface area contributed by atoms with Crippen LogP contribution in [0.15, 0.2) is 35.3 Å². The molecule has 2 heterocycles. The van der Waals surface area contributed by atoms with Crippen LogP contribution in [0.25, 0.3) is 21.9 Å². The first-order valence-electron chi connectivity index (χ1n) is 10.6. The Labute approximate surface area is 207 Å². The molecule has 0 saturated heterocycles. The van der Waals surface area contributed by atoms with Crippen molar-refractivity contribution < 1.29 is 22.7 Å². The first kappa shape index (κ1) is 26.3. The molecule has 0 amide bonds. The van der Waals surface area contributed by atoms with Crippen LogP contribution in [0.1, 0.15) is 51.1 Å². The number of nitriles is 1. The summed E-state index contributed by atoms with van der Waals surface area (Å²) in [6.45, 7) is 2.96. The number of allylic oxidation sites excluding steroid dienone is 1. The lowest BCUT2D eigenvalue weighted by Crippen LogP contribution is -2.35. The van der Waals surface area contributed by atoms with E-state index in [-0.39, 0.29) is 16.1 Å². The van der Waals surface area contributed by atoms with Crippen molar-refractivity contribution in [2.45, 2.75) is 62.7 Å². The third kappa shape index (κ3) is 5.34. The molecular weight excluding hydrogens is 536 g/mol. The van der Waals surface area contributed by atoms with E-state index in [1.54, 1.807) is 12.1 Å². The Kier molecular flexibility index (Phi) is 8.49. The van der Waals surface area contributed by atoms with Gasteiger partial charge in [0.1, 0.15) is 18.4 Å². The quantitative estimate of drug-likeness (QED) is 0.257. The number of nitrogens with zero attached hydrogens (tertiary/aromatic N) is 3. The Morgan fingerprint density at radius 1 is 1.44 bits per heavy atom. The van der Waals surface area contributed by atoms with Crippen LogP contribution in [0.2, 0.25) is 0 Å². The monoisotopic (exact) mass is 558 g/mol. The standard InChI is InChI=1S/C23H23BrF4N4OS/c1-3-5-19-20(21(24)17(25)12-33)16(10-29)22(32(19)14-6-4-7-14)18-9-8-15(11-30-18)34-31-13(2)23(26,27)28/h5,8-9,11-14,31,33H,3-4,6-7H2,1-2H3/b17-12-,19-5+,21-20+/t13-/m0/s1. The minimum absolute atomic E-state index is 0.0388. The van der Waals surface area contributed by atoms with E-state index in [0.29, 0.717) is 39.5 Å². The molecule has 0 radical (unpaired) electrons. The molecule has 2 N–H and O–H groups in total. The molecule has 3 rings (SSSR count). The highest BCUT2D eigenvalue weighted by molar-refractivity contribution is 9.15. The van der Waals surface area contributed by atoms with Crippen molar-refractivity contribution >= 4 is 38.4 Å². The fourth-order valence-corrected chi connectivity index (χ4v) is 4.78. The van der Waals surface area contributed by atoms with Crippen LogP contribution in [-0.4, -0.2) is 26.9 Å². The highest BCUT2D eigenvalue weighted by Gasteiger charge is 2.36. The molecule has 1 saturated carbocycles. The van der Waals surface area contributed by atoms with Crippen molar-refractivity contribution in [2.24, 2.45) is 0 Å². The van der Waals surface area contributed by atoms with Gasteiger partial charge in [0.25, 0.3) is 0 Å².